The molecule has 0 unspecified atom stereocenters. The molecule has 1 nitrogen and oxygen atoms in total. The summed E-state index contributed by atoms with van der Waals surface area (Å²) in [5.41, 5.74) is 0. The van der Waals surface area contributed by atoms with E-state index in [1.165, 1.54) is 12.8 Å². The van der Waals surface area contributed by atoms with Gasteiger partial charge < -0.3 is 5.11 Å². The minimum absolute atomic E-state index is 0.278. The van der Waals surface area contributed by atoms with E-state index in [0.29, 0.717) is 0 Å². The van der Waals surface area contributed by atoms with Gasteiger partial charge in [0, 0.05) is 0 Å². The molecule has 0 aliphatic heterocycles. The van der Waals surface area contributed by atoms with Crippen molar-refractivity contribution >= 4 is 11.8 Å². The molecule has 0 fully saturated rings. The Morgan fingerprint density at radius 3 is 2.71 bits per heavy atom. The third-order valence-electron chi connectivity index (χ3n) is 0.734. The van der Waals surface area contributed by atoms with Gasteiger partial charge in [0.15, 0.2) is 0 Å². The zero-order valence-corrected chi connectivity index (χ0v) is 5.50. The largest absolute Gasteiger partial charge is 0.386 e. The number of unbranched alkanes of at least 4 members (excludes halogenated alkanes) is 1. The molecule has 2 heteroatoms. The quantitative estimate of drug-likeness (QED) is 0.448. The lowest BCUT2D eigenvalue weighted by atomic mass is 10.4. The van der Waals surface area contributed by atoms with Gasteiger partial charge in [-0.05, 0) is 12.2 Å². The normalized spacial score (nSPS) is 9.43. The highest BCUT2D eigenvalue weighted by atomic mass is 32.2. The van der Waals surface area contributed by atoms with Crippen LogP contribution in [0.2, 0.25) is 0 Å². The summed E-state index contributed by atoms with van der Waals surface area (Å²) < 4.78 is 0. The summed E-state index contributed by atoms with van der Waals surface area (Å²) in [6.07, 6.45) is 2.46. The Morgan fingerprint density at radius 2 is 2.29 bits per heavy atom. The molecular formula is C5H12OS. The molecule has 0 aromatic heterocycles. The first-order chi connectivity index (χ1) is 3.41. The van der Waals surface area contributed by atoms with Crippen LogP contribution in [0.4, 0.5) is 0 Å². The van der Waals surface area contributed by atoms with Crippen LogP contribution in [-0.2, 0) is 0 Å². The van der Waals surface area contributed by atoms with Gasteiger partial charge in [0.05, 0.1) is 5.94 Å². The average Bonchev–Trinajstić information content (AvgIpc) is 1.69. The number of hydrogen-bond donors (Lipinski definition) is 1. The summed E-state index contributed by atoms with van der Waals surface area (Å²) in [6, 6.07) is 0. The van der Waals surface area contributed by atoms with Crippen LogP contribution in [0.15, 0.2) is 0 Å². The zero-order valence-electron chi connectivity index (χ0n) is 4.68. The maximum Gasteiger partial charge on any atom is 0.0885 e. The molecule has 0 aromatic carbocycles. The van der Waals surface area contributed by atoms with Crippen molar-refractivity contribution < 1.29 is 5.11 Å². The molecule has 44 valence electrons. The molecule has 0 radical (unpaired) electrons. The Balaban J connectivity index is 2.45. The van der Waals surface area contributed by atoms with Gasteiger partial charge in [0.2, 0.25) is 0 Å². The summed E-state index contributed by atoms with van der Waals surface area (Å²) in [6.45, 7) is 2.15. The Hall–Kier alpha value is 0.310. The van der Waals surface area contributed by atoms with E-state index in [4.69, 9.17) is 5.11 Å². The highest BCUT2D eigenvalue weighted by molar-refractivity contribution is 7.99. The van der Waals surface area contributed by atoms with E-state index in [9.17, 15) is 0 Å². The van der Waals surface area contributed by atoms with Crippen LogP contribution in [0.25, 0.3) is 0 Å². The van der Waals surface area contributed by atoms with Crippen LogP contribution >= 0.6 is 11.8 Å². The van der Waals surface area contributed by atoms with Crippen molar-refractivity contribution in [3.63, 3.8) is 0 Å². The lowest BCUT2D eigenvalue weighted by Crippen LogP contribution is -1.78. The van der Waals surface area contributed by atoms with Crippen LogP contribution in [-0.4, -0.2) is 16.8 Å². The van der Waals surface area contributed by atoms with Gasteiger partial charge in [0.25, 0.3) is 0 Å². The maximum absolute atomic E-state index is 8.26. The lowest BCUT2D eigenvalue weighted by Gasteiger charge is -1.90. The second-order valence-corrected chi connectivity index (χ2v) is 2.47. The topological polar surface area (TPSA) is 20.2 Å². The number of aliphatic hydroxyl groups is 1. The Morgan fingerprint density at radius 1 is 1.57 bits per heavy atom. The number of aliphatic hydroxyl groups excluding tert-OH is 1. The van der Waals surface area contributed by atoms with Crippen molar-refractivity contribution in [1.29, 1.82) is 0 Å². The number of rotatable bonds is 4. The molecule has 7 heavy (non-hydrogen) atoms. The third-order valence-corrected chi connectivity index (χ3v) is 1.49. The van der Waals surface area contributed by atoms with Crippen molar-refractivity contribution in [2.24, 2.45) is 0 Å². The third kappa shape index (κ3) is 6.31. The molecule has 0 saturated carbocycles. The molecule has 0 amide bonds. The Bertz CT molecular complexity index is 27.3. The van der Waals surface area contributed by atoms with Crippen LogP contribution in [0.5, 0.6) is 0 Å². The molecule has 0 saturated heterocycles. The van der Waals surface area contributed by atoms with Crippen LogP contribution in [0.1, 0.15) is 19.8 Å². The van der Waals surface area contributed by atoms with Crippen molar-refractivity contribution in [1.82, 2.24) is 0 Å². The highest BCUT2D eigenvalue weighted by Gasteiger charge is 1.80. The van der Waals surface area contributed by atoms with Gasteiger partial charge in [-0.25, -0.2) is 0 Å². The van der Waals surface area contributed by atoms with Gasteiger partial charge in [-0.3, -0.25) is 0 Å². The highest BCUT2D eigenvalue weighted by Crippen LogP contribution is 2.00. The number of thioether (sulfide) groups is 1. The SMILES string of the molecule is CCCCSCO. The van der Waals surface area contributed by atoms with Crippen molar-refractivity contribution in [3.05, 3.63) is 0 Å². The second-order valence-electron chi connectivity index (χ2n) is 1.39. The van der Waals surface area contributed by atoms with Crippen molar-refractivity contribution in [2.75, 3.05) is 11.7 Å². The van der Waals surface area contributed by atoms with E-state index >= 15 is 0 Å². The minimum atomic E-state index is 0.278. The lowest BCUT2D eigenvalue weighted by molar-refractivity contribution is 0.375. The smallest absolute Gasteiger partial charge is 0.0885 e. The minimum Gasteiger partial charge on any atom is -0.386 e. The van der Waals surface area contributed by atoms with E-state index < -0.39 is 0 Å². The number of hydrogen-bond acceptors (Lipinski definition) is 2. The molecule has 0 aliphatic carbocycles. The first-order valence-electron chi connectivity index (χ1n) is 2.60. The summed E-state index contributed by atoms with van der Waals surface area (Å²) in [5, 5.41) is 8.26. The molecule has 0 aromatic rings. The predicted octanol–water partition coefficient (Wildman–Crippen LogP) is 1.47. The van der Waals surface area contributed by atoms with E-state index in [0.717, 1.165) is 5.75 Å². The predicted molar refractivity (Wildman–Crippen MR) is 34.5 cm³/mol. The summed E-state index contributed by atoms with van der Waals surface area (Å²) in [7, 11) is 0. The molecule has 0 rings (SSSR count). The van der Waals surface area contributed by atoms with Gasteiger partial charge in [0.1, 0.15) is 0 Å². The summed E-state index contributed by atoms with van der Waals surface area (Å²) >= 11 is 1.59. The molecule has 0 aliphatic rings. The molecule has 0 heterocycles. The van der Waals surface area contributed by atoms with Gasteiger partial charge in [-0.1, -0.05) is 13.3 Å². The van der Waals surface area contributed by atoms with Crippen molar-refractivity contribution in [3.8, 4) is 0 Å². The average molecular weight is 120 g/mol. The van der Waals surface area contributed by atoms with E-state index in [1.54, 1.807) is 11.8 Å². The molecule has 0 spiro atoms. The van der Waals surface area contributed by atoms with Crippen LogP contribution in [0.3, 0.4) is 0 Å². The van der Waals surface area contributed by atoms with Gasteiger partial charge in [-0.15, -0.1) is 11.8 Å². The Kier molecular flexibility index (Phi) is 6.59. The molecule has 0 atom stereocenters. The zero-order chi connectivity index (χ0) is 5.54. The van der Waals surface area contributed by atoms with Gasteiger partial charge >= 0.3 is 0 Å². The molecular weight excluding hydrogens is 108 g/mol. The fourth-order valence-corrected chi connectivity index (χ4v) is 0.933. The monoisotopic (exact) mass is 120 g/mol. The molecule has 1 N–H and O–H groups in total. The van der Waals surface area contributed by atoms with E-state index in [-0.39, 0.29) is 5.94 Å². The fraction of sp³-hybridized carbons (Fsp3) is 1.00. The fourth-order valence-electron chi connectivity index (χ4n) is 0.311. The summed E-state index contributed by atoms with van der Waals surface area (Å²) in [4.78, 5) is 0. The van der Waals surface area contributed by atoms with Crippen LogP contribution < -0.4 is 0 Å². The Labute approximate surface area is 49.1 Å². The molecule has 0 bridgehead atoms. The maximum atomic E-state index is 8.26. The standard InChI is InChI=1S/C5H12OS/c1-2-3-4-7-5-6/h6H,2-5H2,1H3. The van der Waals surface area contributed by atoms with E-state index in [2.05, 4.69) is 6.92 Å². The van der Waals surface area contributed by atoms with E-state index in [1.807, 2.05) is 0 Å². The van der Waals surface area contributed by atoms with Crippen LogP contribution in [0, 0.1) is 0 Å². The van der Waals surface area contributed by atoms with Gasteiger partial charge in [-0.2, -0.15) is 0 Å². The summed E-state index contributed by atoms with van der Waals surface area (Å²) in [5.74, 6) is 1.38. The first-order valence-corrected chi connectivity index (χ1v) is 3.76. The van der Waals surface area contributed by atoms with Crippen molar-refractivity contribution in [2.45, 2.75) is 19.8 Å². The first kappa shape index (κ1) is 7.31. The second kappa shape index (κ2) is 6.31.